The van der Waals surface area contributed by atoms with Gasteiger partial charge in [0.25, 0.3) is 10.0 Å². The number of nitrogens with zero attached hydrogens (tertiary/aromatic N) is 1. The minimum Gasteiger partial charge on any atom is -0.481 e. The van der Waals surface area contributed by atoms with E-state index in [0.717, 1.165) is 5.56 Å². The number of hydrogen-bond acceptors (Lipinski definition) is 4. The molecule has 0 saturated heterocycles. The fraction of sp³-hybridized carbons (Fsp3) is 0.0909. The number of benzene rings is 3. The van der Waals surface area contributed by atoms with E-state index in [9.17, 15) is 18.3 Å². The molecule has 31 heavy (non-hydrogen) atoms. The fourth-order valence-electron chi connectivity index (χ4n) is 3.19. The third-order valence-corrected chi connectivity index (χ3v) is 5.89. The zero-order valence-corrected chi connectivity index (χ0v) is 17.3. The van der Waals surface area contributed by atoms with Gasteiger partial charge in [-0.15, -0.1) is 0 Å². The summed E-state index contributed by atoms with van der Waals surface area (Å²) < 4.78 is 28.2. The summed E-state index contributed by atoms with van der Waals surface area (Å²) >= 11 is 0. The van der Waals surface area contributed by atoms with Gasteiger partial charge in [-0.3, -0.25) is 9.52 Å². The lowest BCUT2D eigenvalue weighted by Crippen LogP contribution is -2.22. The lowest BCUT2D eigenvalue weighted by molar-refractivity contribution is -0.137. The molecule has 1 unspecified atom stereocenters. The molecule has 0 aromatic heterocycles. The Labute approximate surface area is 180 Å². The summed E-state index contributed by atoms with van der Waals surface area (Å²) in [5, 5.41) is 9.36. The topological polar surface area (TPSA) is 148 Å². The molecule has 9 heteroatoms. The van der Waals surface area contributed by atoms with Crippen molar-refractivity contribution in [2.24, 2.45) is 16.5 Å². The van der Waals surface area contributed by atoms with Crippen LogP contribution in [0.4, 0.5) is 11.4 Å². The smallest absolute Gasteiger partial charge is 0.304 e. The van der Waals surface area contributed by atoms with Crippen molar-refractivity contribution in [1.29, 1.82) is 0 Å². The van der Waals surface area contributed by atoms with Crippen molar-refractivity contribution in [2.75, 3.05) is 4.72 Å². The molecule has 0 amide bonds. The maximum atomic E-state index is 12.9. The zero-order chi connectivity index (χ0) is 22.4. The van der Waals surface area contributed by atoms with Crippen LogP contribution in [-0.2, 0) is 14.8 Å². The van der Waals surface area contributed by atoms with Crippen LogP contribution in [-0.4, -0.2) is 25.5 Å². The van der Waals surface area contributed by atoms with Crippen LogP contribution in [0.5, 0.6) is 0 Å². The van der Waals surface area contributed by atoms with Gasteiger partial charge in [0.1, 0.15) is 0 Å². The van der Waals surface area contributed by atoms with Gasteiger partial charge in [0.15, 0.2) is 5.96 Å². The highest BCUT2D eigenvalue weighted by atomic mass is 32.2. The van der Waals surface area contributed by atoms with Gasteiger partial charge < -0.3 is 16.6 Å². The van der Waals surface area contributed by atoms with Gasteiger partial charge in [-0.25, -0.2) is 13.4 Å². The number of guanidine groups is 1. The van der Waals surface area contributed by atoms with Crippen LogP contribution in [0.15, 0.2) is 88.8 Å². The lowest BCUT2D eigenvalue weighted by Gasteiger charge is -2.17. The maximum Gasteiger partial charge on any atom is 0.304 e. The number of aliphatic carboxylic acids is 1. The van der Waals surface area contributed by atoms with Gasteiger partial charge >= 0.3 is 5.97 Å². The number of hydrogen-bond donors (Lipinski definition) is 4. The molecule has 6 N–H and O–H groups in total. The van der Waals surface area contributed by atoms with E-state index >= 15 is 0 Å². The second kappa shape index (κ2) is 9.31. The van der Waals surface area contributed by atoms with Crippen LogP contribution >= 0.6 is 0 Å². The summed E-state index contributed by atoms with van der Waals surface area (Å²) in [7, 11) is -3.92. The summed E-state index contributed by atoms with van der Waals surface area (Å²) in [5.74, 6) is -1.55. The molecule has 3 aromatic carbocycles. The second-order valence-electron chi connectivity index (χ2n) is 6.83. The minimum absolute atomic E-state index is 0.00875. The third kappa shape index (κ3) is 5.83. The van der Waals surface area contributed by atoms with Crippen molar-refractivity contribution in [3.8, 4) is 0 Å². The molecule has 1 atom stereocenters. The molecule has 0 aliphatic rings. The molecule has 0 heterocycles. The quantitative estimate of drug-likeness (QED) is 0.314. The van der Waals surface area contributed by atoms with Crippen LogP contribution in [0.3, 0.4) is 0 Å². The first kappa shape index (κ1) is 21.8. The number of sulfonamides is 1. The Kier molecular flexibility index (Phi) is 6.56. The van der Waals surface area contributed by atoms with Crippen molar-refractivity contribution >= 4 is 33.3 Å². The molecule has 0 bridgehead atoms. The Morgan fingerprint density at radius 3 is 2.29 bits per heavy atom. The van der Waals surface area contributed by atoms with E-state index in [0.29, 0.717) is 16.9 Å². The molecule has 3 rings (SSSR count). The van der Waals surface area contributed by atoms with Crippen molar-refractivity contribution in [2.45, 2.75) is 17.2 Å². The average Bonchev–Trinajstić information content (AvgIpc) is 2.72. The molecule has 3 aromatic rings. The van der Waals surface area contributed by atoms with E-state index in [4.69, 9.17) is 11.5 Å². The lowest BCUT2D eigenvalue weighted by atomic mass is 9.88. The van der Waals surface area contributed by atoms with Crippen LogP contribution in [0.25, 0.3) is 0 Å². The highest BCUT2D eigenvalue weighted by molar-refractivity contribution is 7.92. The number of carboxylic acids is 1. The zero-order valence-electron chi connectivity index (χ0n) is 16.5. The second-order valence-corrected chi connectivity index (χ2v) is 8.51. The molecule has 8 nitrogen and oxygen atoms in total. The van der Waals surface area contributed by atoms with Gasteiger partial charge in [-0.05, 0) is 41.5 Å². The third-order valence-electron chi connectivity index (χ3n) is 4.51. The van der Waals surface area contributed by atoms with E-state index in [1.54, 1.807) is 30.3 Å². The number of nitrogens with one attached hydrogen (secondary N) is 1. The van der Waals surface area contributed by atoms with Crippen molar-refractivity contribution in [3.63, 3.8) is 0 Å². The van der Waals surface area contributed by atoms with Gasteiger partial charge in [0.05, 0.1) is 17.0 Å². The molecule has 0 saturated carbocycles. The monoisotopic (exact) mass is 438 g/mol. The Hall–Kier alpha value is -3.85. The van der Waals surface area contributed by atoms with Gasteiger partial charge in [0, 0.05) is 11.6 Å². The predicted octanol–water partition coefficient (Wildman–Crippen LogP) is 3.00. The predicted molar refractivity (Wildman–Crippen MR) is 120 cm³/mol. The van der Waals surface area contributed by atoms with Crippen LogP contribution < -0.4 is 16.2 Å². The Morgan fingerprint density at radius 1 is 0.935 bits per heavy atom. The molecule has 0 aliphatic heterocycles. The Bertz CT molecular complexity index is 1210. The molecular weight excluding hydrogens is 416 g/mol. The minimum atomic E-state index is -3.92. The Morgan fingerprint density at radius 2 is 1.61 bits per heavy atom. The molecule has 0 aliphatic carbocycles. The van der Waals surface area contributed by atoms with Crippen LogP contribution in [0.1, 0.15) is 23.5 Å². The first-order chi connectivity index (χ1) is 14.7. The fourth-order valence-corrected chi connectivity index (χ4v) is 4.28. The molecule has 0 fully saturated rings. The van der Waals surface area contributed by atoms with Gasteiger partial charge in [-0.2, -0.15) is 0 Å². The number of anilines is 1. The van der Waals surface area contributed by atoms with Crippen molar-refractivity contribution in [1.82, 2.24) is 0 Å². The number of nitrogens with two attached hydrogens (primary N) is 2. The van der Waals surface area contributed by atoms with E-state index in [1.807, 2.05) is 30.3 Å². The van der Waals surface area contributed by atoms with E-state index in [2.05, 4.69) is 9.71 Å². The van der Waals surface area contributed by atoms with Crippen LogP contribution in [0.2, 0.25) is 0 Å². The highest BCUT2D eigenvalue weighted by Gasteiger charge is 2.20. The van der Waals surface area contributed by atoms with E-state index in [-0.39, 0.29) is 17.3 Å². The summed E-state index contributed by atoms with van der Waals surface area (Å²) in [6.45, 7) is 0. The summed E-state index contributed by atoms with van der Waals surface area (Å²) in [4.78, 5) is 15.3. The summed E-state index contributed by atoms with van der Waals surface area (Å²) in [6, 6.07) is 21.8. The van der Waals surface area contributed by atoms with E-state index in [1.165, 1.54) is 18.2 Å². The number of aliphatic imine (C=N–C) groups is 1. The van der Waals surface area contributed by atoms with Crippen LogP contribution in [0, 0.1) is 0 Å². The summed E-state index contributed by atoms with van der Waals surface area (Å²) in [6.07, 6.45) is -0.124. The number of rotatable bonds is 8. The first-order valence-corrected chi connectivity index (χ1v) is 10.8. The summed E-state index contributed by atoms with van der Waals surface area (Å²) in [5.41, 5.74) is 12.8. The normalized spacial score (nSPS) is 12.0. The molecular formula is C22H22N4O4S. The number of carboxylic acid groups (broad SMARTS) is 1. The van der Waals surface area contributed by atoms with Crippen molar-refractivity contribution < 1.29 is 18.3 Å². The Balaban J connectivity index is 1.92. The maximum absolute atomic E-state index is 12.9. The largest absolute Gasteiger partial charge is 0.481 e. The molecule has 0 spiro atoms. The SMILES string of the molecule is NC(N)=Nc1cccc(S(=O)(=O)Nc2cccc(C(CC(=O)O)c3ccccc3)c2)c1. The standard InChI is InChI=1S/C22H22N4O4S/c23-22(24)25-17-9-5-11-19(13-17)31(29,30)26-18-10-4-8-16(12-18)20(14-21(27)28)15-6-2-1-3-7-15/h1-13,20,26H,14H2,(H,27,28)(H4,23,24,25). The van der Waals surface area contributed by atoms with Gasteiger partial charge in [-0.1, -0.05) is 48.5 Å². The average molecular weight is 439 g/mol. The molecule has 160 valence electrons. The highest BCUT2D eigenvalue weighted by Crippen LogP contribution is 2.30. The molecule has 0 radical (unpaired) electrons. The first-order valence-electron chi connectivity index (χ1n) is 9.34. The van der Waals surface area contributed by atoms with Gasteiger partial charge in [0.2, 0.25) is 0 Å². The number of carbonyl (C=O) groups is 1. The van der Waals surface area contributed by atoms with Crippen molar-refractivity contribution in [3.05, 3.63) is 90.0 Å². The van der Waals surface area contributed by atoms with E-state index < -0.39 is 21.9 Å².